The fourth-order valence-corrected chi connectivity index (χ4v) is 4.32. The van der Waals surface area contributed by atoms with Gasteiger partial charge in [-0.25, -0.2) is 4.79 Å². The zero-order valence-electron chi connectivity index (χ0n) is 20.3. The second-order valence-electron chi connectivity index (χ2n) is 11.1. The summed E-state index contributed by atoms with van der Waals surface area (Å²) in [5.41, 5.74) is 2.76. The molecule has 0 aliphatic rings. The van der Waals surface area contributed by atoms with Gasteiger partial charge < -0.3 is 8.85 Å². The highest BCUT2D eigenvalue weighted by Gasteiger charge is 2.40. The Hall–Kier alpha value is -1.86. The summed E-state index contributed by atoms with van der Waals surface area (Å²) in [5, 5.41) is 0.164. The van der Waals surface area contributed by atoms with E-state index in [0.717, 1.165) is 16.9 Å². The van der Waals surface area contributed by atoms with Crippen LogP contribution in [0.1, 0.15) is 51.9 Å². The van der Waals surface area contributed by atoms with Crippen molar-refractivity contribution in [3.8, 4) is 16.9 Å². The largest absolute Gasteiger partial charge is 0.544 e. The Morgan fingerprint density at radius 1 is 0.667 bits per heavy atom. The molecule has 0 aliphatic heterocycles. The van der Waals surface area contributed by atoms with Gasteiger partial charge in [0.25, 0.3) is 8.32 Å². The molecule has 2 aromatic rings. The first-order chi connectivity index (χ1) is 13.5. The van der Waals surface area contributed by atoms with Crippen molar-refractivity contribution in [1.82, 2.24) is 0 Å². The lowest BCUT2D eigenvalue weighted by molar-refractivity contribution is 0.0712. The second kappa shape index (κ2) is 8.35. The van der Waals surface area contributed by atoms with E-state index in [-0.39, 0.29) is 16.0 Å². The molecule has 0 spiro atoms. The average molecular weight is 443 g/mol. The standard InChI is InChI=1S/C25H38O3Si2/c1-24(2,3)29(7,8)27-22-17-15-20(16-18-22)19-11-13-21(14-12-19)23(26)28-30(9,10)25(4,5)6/h11-18H,1-10H3. The molecule has 164 valence electrons. The van der Waals surface area contributed by atoms with Crippen LogP contribution in [0.2, 0.25) is 36.3 Å². The first-order valence-corrected chi connectivity index (χ1v) is 16.5. The smallest absolute Gasteiger partial charge is 0.324 e. The number of carbonyl (C=O) groups excluding carboxylic acids is 1. The topological polar surface area (TPSA) is 35.5 Å². The van der Waals surface area contributed by atoms with Gasteiger partial charge in [0, 0.05) is 0 Å². The van der Waals surface area contributed by atoms with Gasteiger partial charge in [0.05, 0.1) is 5.56 Å². The Balaban J connectivity index is 2.13. The van der Waals surface area contributed by atoms with Gasteiger partial charge in [-0.15, -0.1) is 0 Å². The third-order valence-electron chi connectivity index (χ3n) is 6.64. The number of benzene rings is 2. The van der Waals surface area contributed by atoms with Crippen LogP contribution in [0, 0.1) is 0 Å². The van der Waals surface area contributed by atoms with E-state index in [1.54, 1.807) is 0 Å². The fourth-order valence-electron chi connectivity index (χ4n) is 2.41. The Morgan fingerprint density at radius 3 is 1.47 bits per heavy atom. The van der Waals surface area contributed by atoms with Crippen LogP contribution in [0.5, 0.6) is 5.75 Å². The molecule has 5 heteroatoms. The van der Waals surface area contributed by atoms with E-state index in [4.69, 9.17) is 8.85 Å². The van der Waals surface area contributed by atoms with Crippen molar-refractivity contribution < 1.29 is 13.6 Å². The third kappa shape index (κ3) is 5.64. The van der Waals surface area contributed by atoms with Crippen LogP contribution in [0.15, 0.2) is 48.5 Å². The summed E-state index contributed by atoms with van der Waals surface area (Å²) in [6.07, 6.45) is 0. The molecule has 30 heavy (non-hydrogen) atoms. The van der Waals surface area contributed by atoms with Gasteiger partial charge in [-0.1, -0.05) is 65.8 Å². The number of hydrogen-bond donors (Lipinski definition) is 0. The van der Waals surface area contributed by atoms with Gasteiger partial charge in [0.15, 0.2) is 0 Å². The van der Waals surface area contributed by atoms with Gasteiger partial charge >= 0.3 is 5.97 Å². The lowest BCUT2D eigenvalue weighted by Gasteiger charge is -2.36. The molecule has 2 aromatic carbocycles. The zero-order chi connectivity index (χ0) is 23.0. The van der Waals surface area contributed by atoms with Gasteiger partial charge in [-0.05, 0) is 71.7 Å². The van der Waals surface area contributed by atoms with Crippen LogP contribution in [-0.2, 0) is 4.43 Å². The van der Waals surface area contributed by atoms with Crippen molar-refractivity contribution in [2.45, 2.75) is 77.8 Å². The maximum atomic E-state index is 12.6. The van der Waals surface area contributed by atoms with E-state index in [1.807, 2.05) is 36.4 Å². The molecule has 0 N–H and O–H groups in total. The van der Waals surface area contributed by atoms with Crippen molar-refractivity contribution in [1.29, 1.82) is 0 Å². The summed E-state index contributed by atoms with van der Waals surface area (Å²) < 4.78 is 12.3. The second-order valence-corrected chi connectivity index (χ2v) is 20.6. The predicted molar refractivity (Wildman–Crippen MR) is 132 cm³/mol. The monoisotopic (exact) mass is 442 g/mol. The first-order valence-electron chi connectivity index (χ1n) is 10.7. The van der Waals surface area contributed by atoms with Crippen LogP contribution in [-0.4, -0.2) is 22.6 Å². The molecule has 0 unspecified atom stereocenters. The van der Waals surface area contributed by atoms with Gasteiger partial charge in [0.1, 0.15) is 5.75 Å². The average Bonchev–Trinajstić information content (AvgIpc) is 2.60. The minimum atomic E-state index is -2.13. The minimum Gasteiger partial charge on any atom is -0.544 e. The summed E-state index contributed by atoms with van der Waals surface area (Å²) in [7, 11) is -3.97. The summed E-state index contributed by atoms with van der Waals surface area (Å²) in [5.74, 6) is 0.686. The predicted octanol–water partition coefficient (Wildman–Crippen LogP) is 7.90. The molecule has 0 aromatic heterocycles. The molecule has 0 aliphatic carbocycles. The summed E-state index contributed by atoms with van der Waals surface area (Å²) in [6.45, 7) is 21.8. The molecular weight excluding hydrogens is 404 g/mol. The van der Waals surface area contributed by atoms with E-state index in [0.29, 0.717) is 5.56 Å². The Morgan fingerprint density at radius 2 is 1.07 bits per heavy atom. The Labute approximate surface area is 185 Å². The highest BCUT2D eigenvalue weighted by Crippen LogP contribution is 2.38. The molecule has 0 atom stereocenters. The summed E-state index contributed by atoms with van der Waals surface area (Å²) in [4.78, 5) is 12.6. The van der Waals surface area contributed by atoms with E-state index < -0.39 is 16.6 Å². The van der Waals surface area contributed by atoms with Gasteiger partial charge in [0.2, 0.25) is 8.32 Å². The van der Waals surface area contributed by atoms with Crippen molar-refractivity contribution in [2.24, 2.45) is 0 Å². The number of hydrogen-bond acceptors (Lipinski definition) is 3. The SMILES string of the molecule is CC(C)(C)[Si](C)(C)OC(=O)c1ccc(-c2ccc(O[Si](C)(C)C(C)(C)C)cc2)cc1. The lowest BCUT2D eigenvalue weighted by Crippen LogP contribution is -2.43. The highest BCUT2D eigenvalue weighted by atomic mass is 28.4. The molecule has 0 amide bonds. The molecular formula is C25H38O3Si2. The highest BCUT2D eigenvalue weighted by molar-refractivity contribution is 6.75. The van der Waals surface area contributed by atoms with Crippen molar-refractivity contribution in [3.05, 3.63) is 54.1 Å². The molecule has 0 bridgehead atoms. The first kappa shape index (κ1) is 24.4. The van der Waals surface area contributed by atoms with E-state index >= 15 is 0 Å². The van der Waals surface area contributed by atoms with E-state index in [2.05, 4.69) is 79.9 Å². The Kier molecular flexibility index (Phi) is 6.79. The van der Waals surface area contributed by atoms with Crippen LogP contribution in [0.25, 0.3) is 11.1 Å². The fraction of sp³-hybridized carbons (Fsp3) is 0.480. The molecule has 2 rings (SSSR count). The van der Waals surface area contributed by atoms with Crippen molar-refractivity contribution in [2.75, 3.05) is 0 Å². The van der Waals surface area contributed by atoms with E-state index in [1.165, 1.54) is 0 Å². The molecule has 3 nitrogen and oxygen atoms in total. The molecule has 0 heterocycles. The maximum Gasteiger partial charge on any atom is 0.324 e. The zero-order valence-corrected chi connectivity index (χ0v) is 22.3. The van der Waals surface area contributed by atoms with Crippen molar-refractivity contribution in [3.63, 3.8) is 0 Å². The van der Waals surface area contributed by atoms with Crippen molar-refractivity contribution >= 4 is 22.6 Å². The van der Waals surface area contributed by atoms with Crippen LogP contribution >= 0.6 is 0 Å². The molecule has 0 fully saturated rings. The maximum absolute atomic E-state index is 12.6. The quantitative estimate of drug-likeness (QED) is 0.441. The molecule has 0 radical (unpaired) electrons. The molecule has 0 saturated carbocycles. The molecule has 0 saturated heterocycles. The van der Waals surface area contributed by atoms with E-state index in [9.17, 15) is 4.79 Å². The van der Waals surface area contributed by atoms with Gasteiger partial charge in [-0.3, -0.25) is 0 Å². The number of rotatable bonds is 5. The number of carbonyl (C=O) groups is 1. The van der Waals surface area contributed by atoms with Gasteiger partial charge in [-0.2, -0.15) is 0 Å². The third-order valence-corrected chi connectivity index (χ3v) is 15.3. The van der Waals surface area contributed by atoms with Crippen LogP contribution < -0.4 is 4.43 Å². The minimum absolute atomic E-state index is 0.00314. The van der Waals surface area contributed by atoms with Crippen LogP contribution in [0.4, 0.5) is 0 Å². The Bertz CT molecular complexity index is 869. The normalized spacial score (nSPS) is 13.1. The van der Waals surface area contributed by atoms with Crippen LogP contribution in [0.3, 0.4) is 0 Å². The summed E-state index contributed by atoms with van der Waals surface area (Å²) in [6, 6.07) is 15.9. The summed E-state index contributed by atoms with van der Waals surface area (Å²) >= 11 is 0. The lowest BCUT2D eigenvalue weighted by atomic mass is 10.0.